The first-order valence-corrected chi connectivity index (χ1v) is 8.77. The molecule has 0 unspecified atom stereocenters. The molecule has 1 aliphatic rings. The number of ether oxygens (including phenoxy) is 3. The molecule has 0 N–H and O–H groups in total. The fourth-order valence-electron chi connectivity index (χ4n) is 2.14. The normalized spacial score (nSPS) is 15.1. The molecule has 2 heterocycles. The average molecular weight is 422 g/mol. The van der Waals surface area contributed by atoms with Gasteiger partial charge in [-0.25, -0.2) is 9.79 Å². The van der Waals surface area contributed by atoms with E-state index in [1.165, 1.54) is 25.4 Å². The molecule has 128 valence electrons. The second-order valence-electron chi connectivity index (χ2n) is 4.94. The Morgan fingerprint density at radius 3 is 2.84 bits per heavy atom. The van der Waals surface area contributed by atoms with E-state index in [1.807, 2.05) is 17.5 Å². The fourth-order valence-corrected chi connectivity index (χ4v) is 3.33. The van der Waals surface area contributed by atoms with Crippen LogP contribution >= 0.6 is 27.3 Å². The Bertz CT molecular complexity index is 902. The van der Waals surface area contributed by atoms with Crippen molar-refractivity contribution in [2.45, 2.75) is 6.92 Å². The number of esters is 2. The number of aliphatic imine (C=N–C) groups is 1. The van der Waals surface area contributed by atoms with Crippen molar-refractivity contribution < 1.29 is 23.8 Å². The van der Waals surface area contributed by atoms with E-state index in [0.29, 0.717) is 15.8 Å². The minimum absolute atomic E-state index is 0.178. The van der Waals surface area contributed by atoms with Crippen molar-refractivity contribution in [1.29, 1.82) is 0 Å². The molecule has 25 heavy (non-hydrogen) atoms. The smallest absolute Gasteiger partial charge is 0.363 e. The Morgan fingerprint density at radius 2 is 2.20 bits per heavy atom. The molecular weight excluding hydrogens is 410 g/mol. The molecule has 0 saturated carbocycles. The lowest BCUT2D eigenvalue weighted by Gasteiger charge is -2.11. The van der Waals surface area contributed by atoms with Gasteiger partial charge in [0.1, 0.15) is 0 Å². The molecule has 0 radical (unpaired) electrons. The zero-order valence-electron chi connectivity index (χ0n) is 13.2. The highest BCUT2D eigenvalue weighted by Crippen LogP contribution is 2.37. The van der Waals surface area contributed by atoms with Gasteiger partial charge in [0.25, 0.3) is 0 Å². The van der Waals surface area contributed by atoms with Crippen LogP contribution in [0, 0.1) is 0 Å². The maximum Gasteiger partial charge on any atom is 0.363 e. The van der Waals surface area contributed by atoms with Gasteiger partial charge < -0.3 is 14.2 Å². The van der Waals surface area contributed by atoms with Crippen LogP contribution in [0.15, 0.2) is 44.8 Å². The molecule has 8 heteroatoms. The number of hydrogen-bond acceptors (Lipinski definition) is 7. The van der Waals surface area contributed by atoms with E-state index < -0.39 is 11.9 Å². The van der Waals surface area contributed by atoms with E-state index in [9.17, 15) is 9.59 Å². The summed E-state index contributed by atoms with van der Waals surface area (Å²) in [4.78, 5) is 28.2. The van der Waals surface area contributed by atoms with Crippen LogP contribution < -0.4 is 9.47 Å². The molecule has 0 amide bonds. The molecule has 6 nitrogen and oxygen atoms in total. The van der Waals surface area contributed by atoms with Crippen molar-refractivity contribution in [1.82, 2.24) is 0 Å². The summed E-state index contributed by atoms with van der Waals surface area (Å²) in [5, 5.41) is 1.88. The Morgan fingerprint density at radius 1 is 1.40 bits per heavy atom. The van der Waals surface area contributed by atoms with Crippen LogP contribution in [-0.2, 0) is 14.3 Å². The maximum absolute atomic E-state index is 12.0. The number of thiophene rings is 1. The minimum atomic E-state index is -0.525. The summed E-state index contributed by atoms with van der Waals surface area (Å²) in [6, 6.07) is 7.02. The van der Waals surface area contributed by atoms with E-state index in [1.54, 1.807) is 18.2 Å². The standard InChI is InChI=1S/C17H12BrNO5S/c1-9(20)23-15-11(18)6-10(8-13(15)22-2)7-12-17(21)24-16(19-12)14-4-3-5-25-14/h3-8H,1-2H3/b12-7+. The zero-order chi connectivity index (χ0) is 18.0. The summed E-state index contributed by atoms with van der Waals surface area (Å²) in [6.07, 6.45) is 1.58. The third-order valence-corrected chi connectivity index (χ3v) is 4.60. The van der Waals surface area contributed by atoms with E-state index in [2.05, 4.69) is 20.9 Å². The zero-order valence-corrected chi connectivity index (χ0v) is 15.6. The molecule has 0 atom stereocenters. The van der Waals surface area contributed by atoms with Crippen LogP contribution in [0.25, 0.3) is 6.08 Å². The third kappa shape index (κ3) is 3.80. The predicted octanol–water partition coefficient (Wildman–Crippen LogP) is 3.79. The van der Waals surface area contributed by atoms with Crippen molar-refractivity contribution in [3.8, 4) is 11.5 Å². The van der Waals surface area contributed by atoms with E-state index >= 15 is 0 Å². The molecule has 3 rings (SSSR count). The van der Waals surface area contributed by atoms with Gasteiger partial charge in [-0.1, -0.05) is 6.07 Å². The second-order valence-corrected chi connectivity index (χ2v) is 6.74. The third-order valence-electron chi connectivity index (χ3n) is 3.15. The van der Waals surface area contributed by atoms with E-state index in [4.69, 9.17) is 14.2 Å². The van der Waals surface area contributed by atoms with Crippen molar-refractivity contribution >= 4 is 51.2 Å². The van der Waals surface area contributed by atoms with Gasteiger partial charge in [0.05, 0.1) is 16.5 Å². The van der Waals surface area contributed by atoms with Crippen molar-refractivity contribution in [2.75, 3.05) is 7.11 Å². The minimum Gasteiger partial charge on any atom is -0.493 e. The van der Waals surface area contributed by atoms with E-state index in [-0.39, 0.29) is 17.3 Å². The Hall–Kier alpha value is -2.45. The quantitative estimate of drug-likeness (QED) is 0.426. The van der Waals surface area contributed by atoms with Crippen molar-refractivity contribution in [2.24, 2.45) is 4.99 Å². The van der Waals surface area contributed by atoms with Crippen LogP contribution in [0.3, 0.4) is 0 Å². The molecule has 0 aliphatic carbocycles. The highest BCUT2D eigenvalue weighted by Gasteiger charge is 2.25. The molecular formula is C17H12BrNO5S. The van der Waals surface area contributed by atoms with Gasteiger partial charge in [0, 0.05) is 6.92 Å². The monoisotopic (exact) mass is 421 g/mol. The lowest BCUT2D eigenvalue weighted by Crippen LogP contribution is -2.04. The van der Waals surface area contributed by atoms with Crippen molar-refractivity contribution in [3.05, 3.63) is 50.3 Å². The predicted molar refractivity (Wildman–Crippen MR) is 96.9 cm³/mol. The van der Waals surface area contributed by atoms with Crippen molar-refractivity contribution in [3.63, 3.8) is 0 Å². The molecule has 0 fully saturated rings. The molecule has 0 saturated heterocycles. The number of benzene rings is 1. The molecule has 0 bridgehead atoms. The summed E-state index contributed by atoms with van der Waals surface area (Å²) in [7, 11) is 1.46. The Labute approximate surface area is 155 Å². The topological polar surface area (TPSA) is 74.2 Å². The van der Waals surface area contributed by atoms with Gasteiger partial charge in [-0.2, -0.15) is 0 Å². The Kier molecular flexibility index (Phi) is 5.00. The number of rotatable bonds is 4. The van der Waals surface area contributed by atoms with Crippen LogP contribution in [0.5, 0.6) is 11.5 Å². The summed E-state index contributed by atoms with van der Waals surface area (Å²) < 4.78 is 16.1. The largest absolute Gasteiger partial charge is 0.493 e. The lowest BCUT2D eigenvalue weighted by atomic mass is 10.1. The first-order chi connectivity index (χ1) is 12.0. The first-order valence-electron chi connectivity index (χ1n) is 7.10. The lowest BCUT2D eigenvalue weighted by molar-refractivity contribution is -0.132. The number of nitrogens with zero attached hydrogens (tertiary/aromatic N) is 1. The summed E-state index contributed by atoms with van der Waals surface area (Å²) in [5.41, 5.74) is 0.820. The van der Waals surface area contributed by atoms with Crippen LogP contribution in [-0.4, -0.2) is 24.9 Å². The summed E-state index contributed by atoms with van der Waals surface area (Å²) in [5.74, 6) is -0.0785. The molecule has 0 spiro atoms. The van der Waals surface area contributed by atoms with Gasteiger partial charge in [0.2, 0.25) is 5.90 Å². The van der Waals surface area contributed by atoms with Gasteiger partial charge in [0.15, 0.2) is 17.2 Å². The highest BCUT2D eigenvalue weighted by molar-refractivity contribution is 9.10. The van der Waals surface area contributed by atoms with Crippen LogP contribution in [0.1, 0.15) is 17.4 Å². The van der Waals surface area contributed by atoms with E-state index in [0.717, 1.165) is 4.88 Å². The number of carbonyl (C=O) groups excluding carboxylic acids is 2. The number of hydrogen-bond donors (Lipinski definition) is 0. The highest BCUT2D eigenvalue weighted by atomic mass is 79.9. The number of halogens is 1. The SMILES string of the molecule is COc1cc(/C=C2/N=C(c3cccs3)OC2=O)cc(Br)c1OC(C)=O. The first kappa shape index (κ1) is 17.4. The van der Waals surface area contributed by atoms with Gasteiger partial charge in [-0.15, -0.1) is 11.3 Å². The summed E-state index contributed by atoms with van der Waals surface area (Å²) in [6.45, 7) is 1.30. The Balaban J connectivity index is 1.97. The number of cyclic esters (lactones) is 1. The maximum atomic E-state index is 12.0. The van der Waals surface area contributed by atoms with Crippen LogP contribution in [0.2, 0.25) is 0 Å². The van der Waals surface area contributed by atoms with Gasteiger partial charge in [-0.05, 0) is 51.1 Å². The molecule has 1 aromatic heterocycles. The van der Waals surface area contributed by atoms with Crippen LogP contribution in [0.4, 0.5) is 0 Å². The summed E-state index contributed by atoms with van der Waals surface area (Å²) >= 11 is 4.77. The average Bonchev–Trinajstić information content (AvgIpc) is 3.20. The fraction of sp³-hybridized carbons (Fsp3) is 0.118. The second kappa shape index (κ2) is 7.20. The van der Waals surface area contributed by atoms with Gasteiger partial charge >= 0.3 is 11.9 Å². The molecule has 1 aliphatic heterocycles. The molecule has 2 aromatic rings. The number of carbonyl (C=O) groups is 2. The molecule has 1 aromatic carbocycles. The van der Waals surface area contributed by atoms with Gasteiger partial charge in [-0.3, -0.25) is 4.79 Å². The number of methoxy groups -OCH3 is 1.